The largest absolute Gasteiger partial charge is 0.395 e. The third kappa shape index (κ3) is 1.92. The summed E-state index contributed by atoms with van der Waals surface area (Å²) in [5.41, 5.74) is 0. The first-order valence-electron chi connectivity index (χ1n) is 4.33. The molecular weight excluding hydrogens is 140 g/mol. The minimum absolute atomic E-state index is 0.281. The van der Waals surface area contributed by atoms with Crippen LogP contribution in [0, 0.1) is 0 Å². The monoisotopic (exact) mass is 158 g/mol. The summed E-state index contributed by atoms with van der Waals surface area (Å²) < 4.78 is 0. The Bertz CT molecular complexity index is 111. The normalized spacial score (nSPS) is 21.8. The summed E-state index contributed by atoms with van der Waals surface area (Å²) in [5, 5.41) is 12.2. The van der Waals surface area contributed by atoms with Gasteiger partial charge in [-0.3, -0.25) is 4.90 Å². The second kappa shape index (κ2) is 4.04. The molecule has 1 saturated heterocycles. The fraction of sp³-hybridized carbons (Fsp3) is 1.00. The van der Waals surface area contributed by atoms with Gasteiger partial charge in [-0.2, -0.15) is 0 Å². The van der Waals surface area contributed by atoms with E-state index in [-0.39, 0.29) is 6.61 Å². The SMILES string of the molecule is CCC(CO)N(C)C1CNC1. The Morgan fingerprint density at radius 2 is 2.27 bits per heavy atom. The van der Waals surface area contributed by atoms with Crippen molar-refractivity contribution in [3.05, 3.63) is 0 Å². The van der Waals surface area contributed by atoms with Crippen LogP contribution in [0.5, 0.6) is 0 Å². The topological polar surface area (TPSA) is 35.5 Å². The van der Waals surface area contributed by atoms with E-state index in [1.54, 1.807) is 0 Å². The maximum Gasteiger partial charge on any atom is 0.0586 e. The van der Waals surface area contributed by atoms with E-state index in [2.05, 4.69) is 24.2 Å². The van der Waals surface area contributed by atoms with Crippen LogP contribution in [0.3, 0.4) is 0 Å². The highest BCUT2D eigenvalue weighted by atomic mass is 16.3. The smallest absolute Gasteiger partial charge is 0.0586 e. The molecule has 0 spiro atoms. The lowest BCUT2D eigenvalue weighted by Crippen LogP contribution is -2.59. The van der Waals surface area contributed by atoms with Crippen molar-refractivity contribution in [1.82, 2.24) is 10.2 Å². The molecule has 0 aromatic heterocycles. The molecule has 1 aliphatic rings. The van der Waals surface area contributed by atoms with Crippen LogP contribution < -0.4 is 5.32 Å². The molecule has 1 heterocycles. The van der Waals surface area contributed by atoms with Crippen LogP contribution in [-0.2, 0) is 0 Å². The Labute approximate surface area is 68.4 Å². The lowest BCUT2D eigenvalue weighted by atomic mass is 10.1. The number of hydrogen-bond donors (Lipinski definition) is 2. The number of aliphatic hydroxyl groups is 1. The van der Waals surface area contributed by atoms with Gasteiger partial charge in [0.15, 0.2) is 0 Å². The lowest BCUT2D eigenvalue weighted by Gasteiger charge is -2.39. The summed E-state index contributed by atoms with van der Waals surface area (Å²) in [6, 6.07) is 0.995. The highest BCUT2D eigenvalue weighted by Crippen LogP contribution is 2.08. The predicted molar refractivity (Wildman–Crippen MR) is 45.6 cm³/mol. The Balaban J connectivity index is 2.30. The van der Waals surface area contributed by atoms with Crippen molar-refractivity contribution in [3.8, 4) is 0 Å². The third-order valence-corrected chi connectivity index (χ3v) is 2.59. The van der Waals surface area contributed by atoms with Crippen LogP contribution in [-0.4, -0.2) is 48.8 Å². The van der Waals surface area contributed by atoms with Crippen LogP contribution in [0.15, 0.2) is 0 Å². The Hall–Kier alpha value is -0.120. The average Bonchev–Trinajstić information content (AvgIpc) is 1.86. The van der Waals surface area contributed by atoms with E-state index in [0.717, 1.165) is 19.5 Å². The van der Waals surface area contributed by atoms with Crippen molar-refractivity contribution in [2.24, 2.45) is 0 Å². The fourth-order valence-corrected chi connectivity index (χ4v) is 1.41. The van der Waals surface area contributed by atoms with Gasteiger partial charge in [0.25, 0.3) is 0 Å². The van der Waals surface area contributed by atoms with Crippen LogP contribution in [0.25, 0.3) is 0 Å². The van der Waals surface area contributed by atoms with Crippen molar-refractivity contribution in [2.75, 3.05) is 26.7 Å². The van der Waals surface area contributed by atoms with Crippen LogP contribution in [0.2, 0.25) is 0 Å². The van der Waals surface area contributed by atoms with Gasteiger partial charge >= 0.3 is 0 Å². The quantitative estimate of drug-likeness (QED) is 0.587. The molecule has 1 fully saturated rings. The number of aliphatic hydroxyl groups excluding tert-OH is 1. The van der Waals surface area contributed by atoms with Crippen LogP contribution in [0.1, 0.15) is 13.3 Å². The van der Waals surface area contributed by atoms with E-state index in [4.69, 9.17) is 5.11 Å². The van der Waals surface area contributed by atoms with E-state index >= 15 is 0 Å². The summed E-state index contributed by atoms with van der Waals surface area (Å²) in [5.74, 6) is 0. The highest BCUT2D eigenvalue weighted by molar-refractivity contribution is 4.85. The second-order valence-corrected chi connectivity index (χ2v) is 3.22. The number of nitrogens with zero attached hydrogens (tertiary/aromatic N) is 1. The zero-order chi connectivity index (χ0) is 8.27. The highest BCUT2D eigenvalue weighted by Gasteiger charge is 2.25. The molecule has 3 heteroatoms. The molecule has 0 aromatic carbocycles. The van der Waals surface area contributed by atoms with E-state index < -0.39 is 0 Å². The van der Waals surface area contributed by atoms with Gasteiger partial charge < -0.3 is 10.4 Å². The van der Waals surface area contributed by atoms with E-state index in [9.17, 15) is 0 Å². The van der Waals surface area contributed by atoms with Crippen molar-refractivity contribution in [1.29, 1.82) is 0 Å². The molecule has 1 unspecified atom stereocenters. The number of nitrogens with one attached hydrogen (secondary N) is 1. The van der Waals surface area contributed by atoms with E-state index in [1.807, 2.05) is 0 Å². The third-order valence-electron chi connectivity index (χ3n) is 2.59. The molecule has 66 valence electrons. The molecule has 0 bridgehead atoms. The fourth-order valence-electron chi connectivity index (χ4n) is 1.41. The Morgan fingerprint density at radius 3 is 2.55 bits per heavy atom. The van der Waals surface area contributed by atoms with Gasteiger partial charge in [-0.1, -0.05) is 6.92 Å². The van der Waals surface area contributed by atoms with Gasteiger partial charge in [0.2, 0.25) is 0 Å². The Morgan fingerprint density at radius 1 is 1.64 bits per heavy atom. The van der Waals surface area contributed by atoms with Gasteiger partial charge in [0.05, 0.1) is 6.61 Å². The molecule has 1 rings (SSSR count). The van der Waals surface area contributed by atoms with Gasteiger partial charge in [0, 0.05) is 25.2 Å². The van der Waals surface area contributed by atoms with Crippen molar-refractivity contribution in [3.63, 3.8) is 0 Å². The lowest BCUT2D eigenvalue weighted by molar-refractivity contribution is 0.0806. The second-order valence-electron chi connectivity index (χ2n) is 3.22. The summed E-state index contributed by atoms with van der Waals surface area (Å²) >= 11 is 0. The number of hydrogen-bond acceptors (Lipinski definition) is 3. The average molecular weight is 158 g/mol. The van der Waals surface area contributed by atoms with Crippen molar-refractivity contribution in [2.45, 2.75) is 25.4 Å². The molecule has 1 atom stereocenters. The molecule has 1 aliphatic heterocycles. The molecule has 11 heavy (non-hydrogen) atoms. The van der Waals surface area contributed by atoms with Gasteiger partial charge in [-0.15, -0.1) is 0 Å². The minimum atomic E-state index is 0.281. The van der Waals surface area contributed by atoms with Gasteiger partial charge in [-0.05, 0) is 13.5 Å². The molecule has 0 saturated carbocycles. The summed E-state index contributed by atoms with van der Waals surface area (Å²) in [7, 11) is 2.09. The maximum atomic E-state index is 9.00. The number of rotatable bonds is 4. The molecule has 0 radical (unpaired) electrons. The summed E-state index contributed by atoms with van der Waals surface area (Å²) in [6.07, 6.45) is 1.03. The standard InChI is InChI=1S/C8H18N2O/c1-3-7(6-11)10(2)8-4-9-5-8/h7-9,11H,3-6H2,1-2H3. The van der Waals surface area contributed by atoms with Gasteiger partial charge in [-0.25, -0.2) is 0 Å². The zero-order valence-electron chi connectivity index (χ0n) is 7.38. The molecule has 0 aromatic rings. The molecule has 3 nitrogen and oxygen atoms in total. The van der Waals surface area contributed by atoms with Crippen LogP contribution >= 0.6 is 0 Å². The van der Waals surface area contributed by atoms with E-state index in [0.29, 0.717) is 12.1 Å². The minimum Gasteiger partial charge on any atom is -0.395 e. The molecule has 2 N–H and O–H groups in total. The van der Waals surface area contributed by atoms with Crippen LogP contribution in [0.4, 0.5) is 0 Å². The first kappa shape index (κ1) is 8.97. The summed E-state index contributed by atoms with van der Waals surface area (Å²) in [4.78, 5) is 2.27. The molecule has 0 amide bonds. The molecular formula is C8H18N2O. The first-order valence-corrected chi connectivity index (χ1v) is 4.33. The summed E-state index contributed by atoms with van der Waals surface area (Å²) in [6.45, 7) is 4.55. The molecule has 0 aliphatic carbocycles. The maximum absolute atomic E-state index is 9.00. The van der Waals surface area contributed by atoms with Gasteiger partial charge in [0.1, 0.15) is 0 Å². The Kier molecular flexibility index (Phi) is 3.30. The zero-order valence-corrected chi connectivity index (χ0v) is 7.38. The van der Waals surface area contributed by atoms with Crippen molar-refractivity contribution < 1.29 is 5.11 Å². The first-order chi connectivity index (χ1) is 5.29. The number of likely N-dealkylation sites (N-methyl/N-ethyl adjacent to an activating group) is 1. The van der Waals surface area contributed by atoms with Crippen molar-refractivity contribution >= 4 is 0 Å². The van der Waals surface area contributed by atoms with E-state index in [1.165, 1.54) is 0 Å². The predicted octanol–water partition coefficient (Wildman–Crippen LogP) is -0.339.